The number of halogens is 1. The second-order valence-corrected chi connectivity index (χ2v) is 4.27. The summed E-state index contributed by atoms with van der Waals surface area (Å²) >= 11 is 5.70. The summed E-state index contributed by atoms with van der Waals surface area (Å²) in [5.74, 6) is 1.47. The van der Waals surface area contributed by atoms with Crippen LogP contribution in [0.15, 0.2) is 12.4 Å². The van der Waals surface area contributed by atoms with Gasteiger partial charge in [-0.25, -0.2) is 9.97 Å². The van der Waals surface area contributed by atoms with Crippen LogP contribution in [0.2, 0.25) is 0 Å². The number of aromatic nitrogens is 2. The lowest BCUT2D eigenvalue weighted by molar-refractivity contribution is 0.652. The third kappa shape index (κ3) is 3.67. The van der Waals surface area contributed by atoms with E-state index >= 15 is 0 Å². The summed E-state index contributed by atoms with van der Waals surface area (Å²) in [5.41, 5.74) is 1.08. The molecule has 15 heavy (non-hydrogen) atoms. The average molecular weight is 228 g/mol. The van der Waals surface area contributed by atoms with E-state index < -0.39 is 0 Å². The Morgan fingerprint density at radius 3 is 2.40 bits per heavy atom. The molecule has 0 N–H and O–H groups in total. The number of anilines is 1. The Hall–Kier alpha value is -0.830. The van der Waals surface area contributed by atoms with Gasteiger partial charge in [-0.2, -0.15) is 0 Å². The highest BCUT2D eigenvalue weighted by Crippen LogP contribution is 2.11. The maximum Gasteiger partial charge on any atom is 0.225 e. The van der Waals surface area contributed by atoms with Crippen molar-refractivity contribution in [3.8, 4) is 0 Å². The lowest BCUT2D eigenvalue weighted by Gasteiger charge is -2.26. The van der Waals surface area contributed by atoms with Crippen LogP contribution in [-0.2, 0) is 0 Å². The van der Waals surface area contributed by atoms with Crippen LogP contribution < -0.4 is 4.90 Å². The fraction of sp³-hybridized carbons (Fsp3) is 0.636. The van der Waals surface area contributed by atoms with Crippen LogP contribution in [0.4, 0.5) is 5.95 Å². The van der Waals surface area contributed by atoms with Gasteiger partial charge in [-0.3, -0.25) is 0 Å². The first kappa shape index (κ1) is 12.2. The van der Waals surface area contributed by atoms with Crippen molar-refractivity contribution < 1.29 is 0 Å². The van der Waals surface area contributed by atoms with Gasteiger partial charge in [-0.1, -0.05) is 0 Å². The van der Waals surface area contributed by atoms with Crippen LogP contribution in [0, 0.1) is 6.92 Å². The molecule has 0 atom stereocenters. The summed E-state index contributed by atoms with van der Waals surface area (Å²) in [6.07, 6.45) is 4.65. The molecule has 0 spiro atoms. The molecule has 3 nitrogen and oxygen atoms in total. The van der Waals surface area contributed by atoms with Crippen LogP contribution in [0.3, 0.4) is 0 Å². The summed E-state index contributed by atoms with van der Waals surface area (Å²) in [7, 11) is 0. The molecule has 0 aliphatic rings. The van der Waals surface area contributed by atoms with Gasteiger partial charge in [0.1, 0.15) is 0 Å². The summed E-state index contributed by atoms with van der Waals surface area (Å²) in [6, 6.07) is 0.399. The van der Waals surface area contributed by atoms with Gasteiger partial charge in [0, 0.05) is 30.9 Å². The third-order valence-electron chi connectivity index (χ3n) is 2.18. The van der Waals surface area contributed by atoms with Crippen molar-refractivity contribution in [2.45, 2.75) is 33.2 Å². The van der Waals surface area contributed by atoms with Gasteiger partial charge < -0.3 is 4.90 Å². The summed E-state index contributed by atoms with van der Waals surface area (Å²) < 4.78 is 0. The topological polar surface area (TPSA) is 29.0 Å². The van der Waals surface area contributed by atoms with Gasteiger partial charge >= 0.3 is 0 Å². The minimum absolute atomic E-state index is 0.399. The first-order chi connectivity index (χ1) is 7.15. The van der Waals surface area contributed by atoms with Crippen molar-refractivity contribution in [3.63, 3.8) is 0 Å². The number of nitrogens with zero attached hydrogens (tertiary/aromatic N) is 3. The lowest BCUT2D eigenvalue weighted by Crippen LogP contribution is -2.33. The first-order valence-corrected chi connectivity index (χ1v) is 5.80. The van der Waals surface area contributed by atoms with Gasteiger partial charge in [0.2, 0.25) is 5.95 Å². The van der Waals surface area contributed by atoms with Crippen LogP contribution in [0.1, 0.15) is 25.8 Å². The molecule has 0 saturated heterocycles. The molecule has 84 valence electrons. The molecule has 0 aliphatic carbocycles. The van der Waals surface area contributed by atoms with E-state index in [0.717, 1.165) is 24.5 Å². The highest BCUT2D eigenvalue weighted by molar-refractivity contribution is 6.17. The SMILES string of the molecule is Cc1cnc(N(CCCCl)C(C)C)nc1. The number of alkyl halides is 1. The van der Waals surface area contributed by atoms with E-state index in [1.807, 2.05) is 19.3 Å². The summed E-state index contributed by atoms with van der Waals surface area (Å²) in [6.45, 7) is 7.17. The number of hydrogen-bond donors (Lipinski definition) is 0. The fourth-order valence-electron chi connectivity index (χ4n) is 1.35. The number of rotatable bonds is 5. The molecule has 1 aromatic rings. The van der Waals surface area contributed by atoms with Crippen LogP contribution in [0.25, 0.3) is 0 Å². The Morgan fingerprint density at radius 1 is 1.33 bits per heavy atom. The van der Waals surface area contributed by atoms with Crippen LogP contribution >= 0.6 is 11.6 Å². The van der Waals surface area contributed by atoms with Crippen molar-refractivity contribution in [1.29, 1.82) is 0 Å². The van der Waals surface area contributed by atoms with Crippen molar-refractivity contribution in [3.05, 3.63) is 18.0 Å². The maximum atomic E-state index is 5.70. The fourth-order valence-corrected chi connectivity index (χ4v) is 1.47. The molecule has 0 amide bonds. The Balaban J connectivity index is 2.74. The van der Waals surface area contributed by atoms with Gasteiger partial charge in [0.05, 0.1) is 0 Å². The van der Waals surface area contributed by atoms with Gasteiger partial charge in [-0.05, 0) is 32.8 Å². The smallest absolute Gasteiger partial charge is 0.225 e. The Kier molecular flexibility index (Phi) is 4.82. The Morgan fingerprint density at radius 2 is 1.93 bits per heavy atom. The van der Waals surface area contributed by atoms with E-state index in [9.17, 15) is 0 Å². The summed E-state index contributed by atoms with van der Waals surface area (Å²) in [4.78, 5) is 10.8. The van der Waals surface area contributed by atoms with Gasteiger partial charge in [0.15, 0.2) is 0 Å². The summed E-state index contributed by atoms with van der Waals surface area (Å²) in [5, 5.41) is 0. The van der Waals surface area contributed by atoms with Crippen molar-refractivity contribution in [2.24, 2.45) is 0 Å². The number of hydrogen-bond acceptors (Lipinski definition) is 3. The van der Waals surface area contributed by atoms with Crippen LogP contribution in [-0.4, -0.2) is 28.4 Å². The molecule has 4 heteroatoms. The van der Waals surface area contributed by atoms with Crippen LogP contribution in [0.5, 0.6) is 0 Å². The highest BCUT2D eigenvalue weighted by Gasteiger charge is 2.11. The lowest BCUT2D eigenvalue weighted by atomic mass is 10.3. The zero-order valence-electron chi connectivity index (χ0n) is 9.57. The molecule has 1 heterocycles. The molecule has 1 aromatic heterocycles. The van der Waals surface area contributed by atoms with E-state index in [4.69, 9.17) is 11.6 Å². The molecule has 0 fully saturated rings. The predicted molar refractivity (Wildman–Crippen MR) is 64.6 cm³/mol. The van der Waals surface area contributed by atoms with E-state index in [0.29, 0.717) is 11.9 Å². The Bertz CT molecular complexity index is 284. The third-order valence-corrected chi connectivity index (χ3v) is 2.45. The maximum absolute atomic E-state index is 5.70. The van der Waals surface area contributed by atoms with E-state index in [2.05, 4.69) is 28.7 Å². The van der Waals surface area contributed by atoms with E-state index in [1.54, 1.807) is 0 Å². The standard InChI is InChI=1S/C11H18ClN3/c1-9(2)15(6-4-5-12)11-13-7-10(3)8-14-11/h7-9H,4-6H2,1-3H3. The van der Waals surface area contributed by atoms with Gasteiger partial charge in [0.25, 0.3) is 0 Å². The molecule has 1 rings (SSSR count). The van der Waals surface area contributed by atoms with Gasteiger partial charge in [-0.15, -0.1) is 11.6 Å². The quantitative estimate of drug-likeness (QED) is 0.725. The zero-order chi connectivity index (χ0) is 11.3. The minimum Gasteiger partial charge on any atom is -0.338 e. The normalized spacial score (nSPS) is 10.7. The second-order valence-electron chi connectivity index (χ2n) is 3.89. The molecular formula is C11H18ClN3. The predicted octanol–water partition coefficient (Wildman–Crippen LogP) is 2.63. The average Bonchev–Trinajstić information content (AvgIpc) is 2.21. The zero-order valence-corrected chi connectivity index (χ0v) is 10.3. The molecule has 0 aliphatic heterocycles. The highest BCUT2D eigenvalue weighted by atomic mass is 35.5. The van der Waals surface area contributed by atoms with Crippen molar-refractivity contribution >= 4 is 17.5 Å². The van der Waals surface area contributed by atoms with Crippen molar-refractivity contribution in [1.82, 2.24) is 9.97 Å². The van der Waals surface area contributed by atoms with E-state index in [1.165, 1.54) is 0 Å². The van der Waals surface area contributed by atoms with Crippen molar-refractivity contribution in [2.75, 3.05) is 17.3 Å². The molecule has 0 bridgehead atoms. The molecule has 0 saturated carbocycles. The number of aryl methyl sites for hydroxylation is 1. The first-order valence-electron chi connectivity index (χ1n) is 5.26. The molecule has 0 aromatic carbocycles. The largest absolute Gasteiger partial charge is 0.338 e. The second kappa shape index (κ2) is 5.91. The minimum atomic E-state index is 0.399. The molecular weight excluding hydrogens is 210 g/mol. The molecule has 0 unspecified atom stereocenters. The Labute approximate surface area is 96.5 Å². The van der Waals surface area contributed by atoms with E-state index in [-0.39, 0.29) is 0 Å². The molecule has 0 radical (unpaired) electrons. The monoisotopic (exact) mass is 227 g/mol.